The average molecular weight is 648 g/mol. The lowest BCUT2D eigenvalue weighted by molar-refractivity contribution is -0.369. The van der Waals surface area contributed by atoms with Crippen molar-refractivity contribution in [1.29, 1.82) is 5.41 Å². The van der Waals surface area contributed by atoms with Crippen LogP contribution in [-0.2, 0) is 17.4 Å². The lowest BCUT2D eigenvalue weighted by Crippen LogP contribution is -2.56. The summed E-state index contributed by atoms with van der Waals surface area (Å²) in [4.78, 5) is 23.8. The fraction of sp³-hybridized carbons (Fsp3) is 0.462. The van der Waals surface area contributed by atoms with Crippen molar-refractivity contribution in [3.8, 4) is 11.3 Å². The van der Waals surface area contributed by atoms with Gasteiger partial charge in [0.1, 0.15) is 17.2 Å². The van der Waals surface area contributed by atoms with Crippen LogP contribution in [0.25, 0.3) is 11.3 Å². The highest BCUT2D eigenvalue weighted by atomic mass is 35.5. The molecule has 19 heteroatoms. The van der Waals surface area contributed by atoms with Crippen LogP contribution in [0.5, 0.6) is 0 Å². The maximum Gasteiger partial charge on any atom is 0.331 e. The highest BCUT2D eigenvalue weighted by Gasteiger charge is 2.37. The first-order valence-electron chi connectivity index (χ1n) is 14.0. The number of hydrogen-bond acceptors (Lipinski definition) is 17. The second-order valence-corrected chi connectivity index (χ2v) is 11.0. The van der Waals surface area contributed by atoms with Gasteiger partial charge in [-0.25, -0.2) is 19.8 Å². The summed E-state index contributed by atoms with van der Waals surface area (Å²) in [5.41, 5.74) is 2.83. The van der Waals surface area contributed by atoms with E-state index in [0.29, 0.717) is 43.7 Å². The van der Waals surface area contributed by atoms with Crippen LogP contribution >= 0.6 is 11.6 Å². The van der Waals surface area contributed by atoms with Gasteiger partial charge in [0.05, 0.1) is 41.4 Å². The Morgan fingerprint density at radius 2 is 1.91 bits per heavy atom. The van der Waals surface area contributed by atoms with E-state index in [9.17, 15) is 30.6 Å². The van der Waals surface area contributed by atoms with Gasteiger partial charge in [-0.1, -0.05) is 11.6 Å². The van der Waals surface area contributed by atoms with Gasteiger partial charge in [-0.15, -0.1) is 0 Å². The molecule has 0 aromatic carbocycles. The second-order valence-electron chi connectivity index (χ2n) is 10.6. The molecule has 3 aromatic rings. The Morgan fingerprint density at radius 3 is 2.56 bits per heavy atom. The Labute approximate surface area is 261 Å². The fourth-order valence-corrected chi connectivity index (χ4v) is 5.21. The van der Waals surface area contributed by atoms with Crippen molar-refractivity contribution in [2.24, 2.45) is 0 Å². The molecule has 1 fully saturated rings. The molecule has 2 aliphatic rings. The second kappa shape index (κ2) is 13.3. The van der Waals surface area contributed by atoms with Crippen LogP contribution in [0.3, 0.4) is 0 Å². The van der Waals surface area contributed by atoms with Crippen molar-refractivity contribution < 1.29 is 35.5 Å². The van der Waals surface area contributed by atoms with Crippen LogP contribution in [0.4, 0.5) is 11.8 Å². The van der Waals surface area contributed by atoms with Gasteiger partial charge >= 0.3 is 5.97 Å². The summed E-state index contributed by atoms with van der Waals surface area (Å²) < 4.78 is 1.76. The predicted octanol–water partition coefficient (Wildman–Crippen LogP) is -1.05. The lowest BCUT2D eigenvalue weighted by atomic mass is 9.90. The van der Waals surface area contributed by atoms with Gasteiger partial charge < -0.3 is 40.9 Å². The SMILES string of the molecule is CCn1cc(-c2cnc(N(C(O)NCC(O)(O)O)[C@H]3CC[C@H](Nc4ncc5c(n4)C(=N)/C(Cl)=C\NOC5(O)O)CC3)cn2)cn1. The number of hydrogen-bond donors (Lipinski definition) is 10. The first kappa shape index (κ1) is 32.5. The molecular weight excluding hydrogens is 614 g/mol. The monoisotopic (exact) mass is 647 g/mol. The number of allylic oxidation sites excluding steroid dienone is 1. The number of anilines is 2. The summed E-state index contributed by atoms with van der Waals surface area (Å²) in [5.74, 6) is -5.40. The van der Waals surface area contributed by atoms with Crippen LogP contribution in [0.15, 0.2) is 42.2 Å². The summed E-state index contributed by atoms with van der Waals surface area (Å²) in [6.45, 7) is 1.92. The molecule has 0 amide bonds. The van der Waals surface area contributed by atoms with Crippen LogP contribution in [-0.4, -0.2) is 97.0 Å². The van der Waals surface area contributed by atoms with Crippen molar-refractivity contribution in [1.82, 2.24) is 40.5 Å². The van der Waals surface area contributed by atoms with Crippen LogP contribution in [0.2, 0.25) is 0 Å². The van der Waals surface area contributed by atoms with E-state index in [1.807, 2.05) is 13.1 Å². The molecule has 5 rings (SSSR count). The standard InChI is InChI=1S/C26H34ClN11O7/c1-2-37-12-14(7-33-37)19-10-30-20(11-29-19)38(24(39)32-13-25(40,41)42)16-5-3-15(4-6-16)35-23-31-8-17-22(36-23)21(28)18(27)9-34-45-26(17,43)44/h7-12,15-16,24,28,32,34,39-44H,2-6,13H2,1H3,(H,31,35,36)/b18-9+,28-21?/t15-,16-,24?. The largest absolute Gasteiger partial charge is 0.361 e. The van der Waals surface area contributed by atoms with Crippen molar-refractivity contribution in [3.05, 3.63) is 53.5 Å². The number of hydroxylamine groups is 1. The van der Waals surface area contributed by atoms with E-state index >= 15 is 0 Å². The molecule has 10 N–H and O–H groups in total. The van der Waals surface area contributed by atoms with Gasteiger partial charge in [0, 0.05) is 42.8 Å². The fourth-order valence-electron chi connectivity index (χ4n) is 5.08. The molecule has 0 saturated heterocycles. The minimum Gasteiger partial charge on any atom is -0.361 e. The molecule has 242 valence electrons. The zero-order chi connectivity index (χ0) is 32.4. The number of halogens is 1. The van der Waals surface area contributed by atoms with Crippen LogP contribution in [0, 0.1) is 5.41 Å². The number of aromatic nitrogens is 6. The van der Waals surface area contributed by atoms with Gasteiger partial charge in [-0.05, 0) is 32.6 Å². The van der Waals surface area contributed by atoms with E-state index in [2.05, 4.69) is 41.1 Å². The predicted molar refractivity (Wildman–Crippen MR) is 158 cm³/mol. The molecule has 18 nitrogen and oxygen atoms in total. The van der Waals surface area contributed by atoms with E-state index in [4.69, 9.17) is 21.8 Å². The third-order valence-corrected chi connectivity index (χ3v) is 7.66. The van der Waals surface area contributed by atoms with Crippen LogP contribution in [0.1, 0.15) is 43.9 Å². The number of aryl methyl sites for hydroxylation is 1. The number of rotatable bonds is 10. The Bertz CT molecular complexity index is 1520. The van der Waals surface area contributed by atoms with Gasteiger partial charge in [-0.3, -0.25) is 25.9 Å². The molecule has 3 aromatic heterocycles. The number of fused-ring (bicyclic) bond motifs is 1. The van der Waals surface area contributed by atoms with E-state index in [1.165, 1.54) is 6.20 Å². The third-order valence-electron chi connectivity index (χ3n) is 7.37. The van der Waals surface area contributed by atoms with Crippen LogP contribution < -0.4 is 21.0 Å². The number of nitrogens with zero attached hydrogens (tertiary/aromatic N) is 7. The number of aliphatic hydroxyl groups excluding tert-OH is 1. The minimum atomic E-state index is -3.04. The molecule has 4 heterocycles. The van der Waals surface area contributed by atoms with Crippen molar-refractivity contribution in [3.63, 3.8) is 0 Å². The lowest BCUT2D eigenvalue weighted by Gasteiger charge is -2.40. The Kier molecular flexibility index (Phi) is 9.58. The zero-order valence-electron chi connectivity index (χ0n) is 24.0. The third kappa shape index (κ3) is 7.69. The minimum absolute atomic E-state index is 0.0721. The summed E-state index contributed by atoms with van der Waals surface area (Å²) >= 11 is 6.09. The maximum atomic E-state index is 11.0. The van der Waals surface area contributed by atoms with E-state index in [1.54, 1.807) is 22.0 Å². The quantitative estimate of drug-likeness (QED) is 0.118. The highest BCUT2D eigenvalue weighted by molar-refractivity contribution is 6.45. The number of nitrogens with one attached hydrogen (secondary N) is 4. The summed E-state index contributed by atoms with van der Waals surface area (Å²) in [6, 6.07) is -0.406. The van der Waals surface area contributed by atoms with Gasteiger partial charge in [0.15, 0.2) is 6.35 Å². The van der Waals surface area contributed by atoms with Crippen molar-refractivity contribution in [2.45, 2.75) is 69.5 Å². The molecule has 0 spiro atoms. The molecule has 1 unspecified atom stereocenters. The Balaban J connectivity index is 1.30. The smallest absolute Gasteiger partial charge is 0.331 e. The summed E-state index contributed by atoms with van der Waals surface area (Å²) in [5, 5.41) is 77.8. The summed E-state index contributed by atoms with van der Waals surface area (Å²) in [6.07, 6.45) is 9.56. The van der Waals surface area contributed by atoms with Crippen molar-refractivity contribution in [2.75, 3.05) is 16.8 Å². The Morgan fingerprint density at radius 1 is 1.16 bits per heavy atom. The van der Waals surface area contributed by atoms with Gasteiger partial charge in [0.2, 0.25) is 5.95 Å². The van der Waals surface area contributed by atoms with Gasteiger partial charge in [-0.2, -0.15) is 5.10 Å². The maximum absolute atomic E-state index is 11.0. The molecule has 0 radical (unpaired) electrons. The van der Waals surface area contributed by atoms with E-state index in [-0.39, 0.29) is 40.0 Å². The molecule has 1 saturated carbocycles. The topological polar surface area (TPSA) is 263 Å². The average Bonchev–Trinajstić information content (AvgIpc) is 3.49. The molecule has 45 heavy (non-hydrogen) atoms. The molecular formula is C26H34ClN11O7. The number of aliphatic hydroxyl groups is 6. The molecule has 1 aliphatic heterocycles. The first-order chi connectivity index (χ1) is 21.3. The molecule has 1 aliphatic carbocycles. The van der Waals surface area contributed by atoms with E-state index < -0.39 is 24.8 Å². The highest BCUT2D eigenvalue weighted by Crippen LogP contribution is 2.31. The first-order valence-corrected chi connectivity index (χ1v) is 14.4. The zero-order valence-corrected chi connectivity index (χ0v) is 24.8. The van der Waals surface area contributed by atoms with Gasteiger partial charge in [0.25, 0.3) is 5.97 Å². The molecule has 1 atom stereocenters. The molecule has 0 bridgehead atoms. The Hall–Kier alpha value is -3.85. The van der Waals surface area contributed by atoms with E-state index in [0.717, 1.165) is 18.0 Å². The van der Waals surface area contributed by atoms with Crippen molar-refractivity contribution >= 4 is 29.1 Å². The summed E-state index contributed by atoms with van der Waals surface area (Å²) in [7, 11) is 0. The normalized spacial score (nSPS) is 21.9.